The van der Waals surface area contributed by atoms with Crippen molar-refractivity contribution in [3.8, 4) is 5.75 Å². The Hall–Kier alpha value is -2.81. The number of halogens is 1. The van der Waals surface area contributed by atoms with Gasteiger partial charge in [-0.3, -0.25) is 14.5 Å². The highest BCUT2D eigenvalue weighted by Gasteiger charge is 2.54. The number of phenols is 1. The fourth-order valence-electron chi connectivity index (χ4n) is 5.39. The third-order valence-corrected chi connectivity index (χ3v) is 7.93. The normalized spacial score (nSPS) is 23.7. The third kappa shape index (κ3) is 5.10. The van der Waals surface area contributed by atoms with E-state index in [0.29, 0.717) is 30.4 Å². The van der Waals surface area contributed by atoms with Crippen molar-refractivity contribution < 1.29 is 29.3 Å². The van der Waals surface area contributed by atoms with Crippen molar-refractivity contribution in [2.75, 3.05) is 6.61 Å². The minimum absolute atomic E-state index is 0.209. The molecular weight excluding hydrogens is 469 g/mol. The number of hydrogen-bond donors (Lipinski definition) is 3. The number of rotatable bonds is 8. The number of likely N-dealkylation sites (tertiary alicyclic amines) is 1. The first-order valence-corrected chi connectivity index (χ1v) is 12.6. The summed E-state index contributed by atoms with van der Waals surface area (Å²) >= 11 is 1.49. The van der Waals surface area contributed by atoms with Crippen LogP contribution in [0.4, 0.5) is 4.39 Å². The number of nitrogens with zero attached hydrogens (tertiary/aromatic N) is 1. The number of benzene rings is 1. The minimum Gasteiger partial charge on any atom is -0.505 e. The zero-order chi connectivity index (χ0) is 25.3. The molecule has 0 radical (unpaired) electrons. The number of phenolic OH excluding ortho intramolecular Hbond substituents is 1. The zero-order valence-corrected chi connectivity index (χ0v) is 20.6. The van der Waals surface area contributed by atoms with Gasteiger partial charge in [-0.2, -0.15) is 0 Å². The van der Waals surface area contributed by atoms with E-state index in [1.165, 1.54) is 28.4 Å². The molecule has 1 fully saturated rings. The molecule has 186 valence electrons. The first kappa shape index (κ1) is 25.3. The van der Waals surface area contributed by atoms with Gasteiger partial charge in [-0.15, -0.1) is 11.3 Å². The van der Waals surface area contributed by atoms with Crippen LogP contribution in [0, 0.1) is 23.6 Å². The summed E-state index contributed by atoms with van der Waals surface area (Å²) in [6, 6.07) is 7.92. The Morgan fingerprint density at radius 1 is 1.29 bits per heavy atom. The lowest BCUT2D eigenvalue weighted by Gasteiger charge is -2.35. The van der Waals surface area contributed by atoms with E-state index in [1.54, 1.807) is 12.1 Å². The number of imide groups is 1. The highest BCUT2D eigenvalue weighted by molar-refractivity contribution is 7.09. The molecule has 3 N–H and O–H groups in total. The van der Waals surface area contributed by atoms with Gasteiger partial charge in [-0.1, -0.05) is 29.4 Å². The second kappa shape index (κ2) is 10.4. The van der Waals surface area contributed by atoms with Crippen LogP contribution in [0.15, 0.2) is 52.4 Å². The first-order valence-electron chi connectivity index (χ1n) is 11.7. The van der Waals surface area contributed by atoms with Gasteiger partial charge >= 0.3 is 0 Å². The Kier molecular flexibility index (Phi) is 7.54. The molecule has 1 aliphatic heterocycles. The minimum atomic E-state index is -0.873. The molecule has 0 bridgehead atoms. The highest BCUT2D eigenvalue weighted by atomic mass is 32.1. The predicted octanol–water partition coefficient (Wildman–Crippen LogP) is 4.27. The molecule has 35 heavy (non-hydrogen) atoms. The average molecular weight is 500 g/mol. The molecule has 0 spiro atoms. The van der Waals surface area contributed by atoms with E-state index in [1.807, 2.05) is 31.4 Å². The zero-order valence-electron chi connectivity index (χ0n) is 19.8. The number of amides is 2. The topological polar surface area (TPSA) is 98.1 Å². The Bertz CT molecular complexity index is 1170. The summed E-state index contributed by atoms with van der Waals surface area (Å²) in [5.41, 5.74) is 3.02. The van der Waals surface area contributed by atoms with Crippen molar-refractivity contribution in [1.82, 2.24) is 4.90 Å². The molecule has 1 saturated heterocycles. The van der Waals surface area contributed by atoms with Gasteiger partial charge in [0.15, 0.2) is 11.6 Å². The molecule has 1 aliphatic carbocycles. The lowest BCUT2D eigenvalue weighted by atomic mass is 9.68. The molecule has 8 heteroatoms. The van der Waals surface area contributed by atoms with Crippen molar-refractivity contribution in [3.63, 3.8) is 0 Å². The lowest BCUT2D eigenvalue weighted by Crippen LogP contribution is -2.38. The van der Waals surface area contributed by atoms with E-state index >= 15 is 0 Å². The van der Waals surface area contributed by atoms with Crippen LogP contribution in [-0.4, -0.2) is 44.7 Å². The second-order valence-electron chi connectivity index (χ2n) is 9.46. The Balaban J connectivity index is 1.48. The number of hydrogen-bond acceptors (Lipinski definition) is 6. The lowest BCUT2D eigenvalue weighted by molar-refractivity contribution is -0.140. The molecule has 2 aliphatic rings. The third-order valence-electron chi connectivity index (χ3n) is 7.07. The van der Waals surface area contributed by atoms with Crippen LogP contribution in [0.2, 0.25) is 0 Å². The van der Waals surface area contributed by atoms with Crippen LogP contribution in [0.3, 0.4) is 0 Å². The number of aromatic hydroxyl groups is 1. The number of aliphatic hydroxyl groups is 2. The van der Waals surface area contributed by atoms with Crippen molar-refractivity contribution in [2.45, 2.75) is 45.8 Å². The molecule has 4 rings (SSSR count). The smallest absolute Gasteiger partial charge is 0.234 e. The number of allylic oxidation sites excluding steroid dienone is 2. The van der Waals surface area contributed by atoms with E-state index in [0.717, 1.165) is 16.0 Å². The average Bonchev–Trinajstić information content (AvgIpc) is 3.42. The number of carbonyl (C=O) groups is 2. The van der Waals surface area contributed by atoms with E-state index in [2.05, 4.69) is 0 Å². The largest absolute Gasteiger partial charge is 0.505 e. The van der Waals surface area contributed by atoms with Gasteiger partial charge in [0, 0.05) is 10.8 Å². The summed E-state index contributed by atoms with van der Waals surface area (Å²) in [7, 11) is 0. The van der Waals surface area contributed by atoms with E-state index in [4.69, 9.17) is 0 Å². The van der Waals surface area contributed by atoms with Gasteiger partial charge < -0.3 is 15.3 Å². The second-order valence-corrected chi connectivity index (χ2v) is 10.5. The van der Waals surface area contributed by atoms with Crippen LogP contribution in [0.25, 0.3) is 6.08 Å². The van der Waals surface area contributed by atoms with E-state index in [-0.39, 0.29) is 25.0 Å². The van der Waals surface area contributed by atoms with Gasteiger partial charge in [0.1, 0.15) is 0 Å². The number of fused-ring (bicyclic) bond motifs is 1. The summed E-state index contributed by atoms with van der Waals surface area (Å²) in [5.74, 6) is -3.38. The maximum Gasteiger partial charge on any atom is 0.234 e. The van der Waals surface area contributed by atoms with Crippen LogP contribution in [0.1, 0.15) is 43.6 Å². The molecule has 1 aromatic carbocycles. The summed E-state index contributed by atoms with van der Waals surface area (Å²) in [6.45, 7) is 3.65. The van der Waals surface area contributed by atoms with Crippen molar-refractivity contribution in [3.05, 3.63) is 68.7 Å². The van der Waals surface area contributed by atoms with Crippen molar-refractivity contribution >= 4 is 29.2 Å². The van der Waals surface area contributed by atoms with Crippen LogP contribution in [0.5, 0.6) is 5.75 Å². The number of carbonyl (C=O) groups excluding carboxylic acids is 2. The summed E-state index contributed by atoms with van der Waals surface area (Å²) < 4.78 is 13.6. The number of aliphatic hydroxyl groups excluding tert-OH is 2. The van der Waals surface area contributed by atoms with E-state index in [9.17, 15) is 29.3 Å². The summed E-state index contributed by atoms with van der Waals surface area (Å²) in [4.78, 5) is 28.6. The molecule has 6 nitrogen and oxygen atoms in total. The molecule has 0 unspecified atom stereocenters. The van der Waals surface area contributed by atoms with Crippen LogP contribution < -0.4 is 0 Å². The molecule has 1 aromatic heterocycles. The Labute approximate surface area is 208 Å². The molecular formula is C27H30FNO5S. The molecule has 2 aromatic rings. The fraction of sp³-hybridized carbons (Fsp3) is 0.407. The molecule has 0 saturated carbocycles. The molecule has 2 amide bonds. The van der Waals surface area contributed by atoms with Crippen molar-refractivity contribution in [2.24, 2.45) is 17.8 Å². The van der Waals surface area contributed by atoms with Crippen LogP contribution in [-0.2, 0) is 16.1 Å². The maximum absolute atomic E-state index is 13.6. The van der Waals surface area contributed by atoms with Gasteiger partial charge in [-0.25, -0.2) is 4.39 Å². The quantitative estimate of drug-likeness (QED) is 0.372. The monoisotopic (exact) mass is 499 g/mol. The van der Waals surface area contributed by atoms with E-state index < -0.39 is 35.4 Å². The Morgan fingerprint density at radius 2 is 2.06 bits per heavy atom. The maximum atomic E-state index is 13.6. The first-order chi connectivity index (χ1) is 16.7. The van der Waals surface area contributed by atoms with Gasteiger partial charge in [-0.05, 0) is 67.8 Å². The highest BCUT2D eigenvalue weighted by Crippen LogP contribution is 2.46. The van der Waals surface area contributed by atoms with Crippen molar-refractivity contribution in [1.29, 1.82) is 0 Å². The fourth-order valence-corrected chi connectivity index (χ4v) is 6.08. The van der Waals surface area contributed by atoms with Crippen LogP contribution >= 0.6 is 11.3 Å². The Morgan fingerprint density at radius 3 is 2.71 bits per heavy atom. The van der Waals surface area contributed by atoms with Gasteiger partial charge in [0.05, 0.1) is 31.1 Å². The van der Waals surface area contributed by atoms with Gasteiger partial charge in [0.2, 0.25) is 11.8 Å². The van der Waals surface area contributed by atoms with Gasteiger partial charge in [0.25, 0.3) is 0 Å². The summed E-state index contributed by atoms with van der Waals surface area (Å²) in [5, 5.41) is 32.6. The molecule has 2 heterocycles. The standard InChI is InChI=1S/C27H30FNO5S/c1-15(10-17-6-8-22(31)21(28)12-17)5-7-23(32)24-16(2)11-19-25(20(24)14-30)27(34)29(26(19)33)13-18-4-3-9-35-18/h3-4,6,8-10,12,19-20,23,25,30-32H,5,7,11,13-14H2,1-2H3/b15-10+/t19-,20+,23-,25-/m1/s1. The SMILES string of the molecule is CC1=C([C@H](O)CC/C(C)=C/c2ccc(O)c(F)c2)[C@H](CO)[C@@H]2C(=O)N(Cc3cccs3)C(=O)[C@@H]2C1. The summed E-state index contributed by atoms with van der Waals surface area (Å²) in [6.07, 6.45) is 2.19. The predicted molar refractivity (Wildman–Crippen MR) is 132 cm³/mol. The number of thiophene rings is 1. The molecule has 4 atom stereocenters.